The van der Waals surface area contributed by atoms with Crippen LogP contribution >= 0.6 is 0 Å². The monoisotopic (exact) mass is 1250 g/mol. The first-order valence-corrected chi connectivity index (χ1v) is 35.2. The van der Waals surface area contributed by atoms with Crippen molar-refractivity contribution in [2.75, 3.05) is 14.7 Å². The fourth-order valence-corrected chi connectivity index (χ4v) is 18.4. The van der Waals surface area contributed by atoms with Gasteiger partial charge in [0.1, 0.15) is 0 Å². The predicted octanol–water partition coefficient (Wildman–Crippen LogP) is 22.3. The molecule has 15 aromatic rings. The Hall–Kier alpha value is -11.7. The van der Waals surface area contributed by atoms with Gasteiger partial charge in [-0.2, -0.15) is 0 Å². The summed E-state index contributed by atoms with van der Waals surface area (Å²) in [6.07, 6.45) is 6.55. The topological polar surface area (TPSA) is 14.7 Å². The molecular weight excluding hydrogens is 1180 g/mol. The van der Waals surface area contributed by atoms with Crippen molar-refractivity contribution < 1.29 is 0 Å². The minimum Gasteiger partial charge on any atom is -0.365 e. The molecule has 2 saturated carbocycles. The maximum Gasteiger partial charge on any atom is 0.252 e. The van der Waals surface area contributed by atoms with E-state index in [4.69, 9.17) is 0 Å². The van der Waals surface area contributed by atoms with Crippen molar-refractivity contribution in [1.29, 1.82) is 0 Å². The Kier molecular flexibility index (Phi) is 13.3. The van der Waals surface area contributed by atoms with Crippen LogP contribution in [0.5, 0.6) is 0 Å². The van der Waals surface area contributed by atoms with Crippen LogP contribution in [0.15, 0.2) is 334 Å². The molecule has 14 aromatic carbocycles. The first-order chi connectivity index (χ1) is 48.6. The van der Waals surface area contributed by atoms with Crippen LogP contribution in [-0.2, 0) is 0 Å². The van der Waals surface area contributed by atoms with Crippen molar-refractivity contribution in [3.8, 4) is 83.6 Å². The highest BCUT2D eigenvalue weighted by Crippen LogP contribution is 2.56. The molecule has 0 unspecified atom stereocenters. The van der Waals surface area contributed by atoms with Gasteiger partial charge in [-0.1, -0.05) is 273 Å². The van der Waals surface area contributed by atoms with Crippen LogP contribution in [-0.4, -0.2) is 23.4 Å². The van der Waals surface area contributed by atoms with Gasteiger partial charge in [0.2, 0.25) is 0 Å². The second-order valence-electron chi connectivity index (χ2n) is 27.9. The van der Waals surface area contributed by atoms with E-state index in [-0.39, 0.29) is 6.71 Å². The summed E-state index contributed by atoms with van der Waals surface area (Å²) < 4.78 is 2.54. The molecule has 4 fully saturated rings. The molecule has 4 nitrogen and oxygen atoms in total. The molecule has 5 heteroatoms. The lowest BCUT2D eigenvalue weighted by molar-refractivity contribution is 0.0900. The van der Waals surface area contributed by atoms with Crippen molar-refractivity contribution >= 4 is 84.7 Å². The summed E-state index contributed by atoms with van der Waals surface area (Å²) in [5.41, 5.74) is 32.1. The van der Waals surface area contributed by atoms with Gasteiger partial charge in [-0.3, -0.25) is 0 Å². The first-order valence-electron chi connectivity index (χ1n) is 35.2. The quantitative estimate of drug-likeness (QED) is 0.120. The summed E-state index contributed by atoms with van der Waals surface area (Å²) >= 11 is 0. The lowest BCUT2D eigenvalue weighted by atomic mass is 9.33. The van der Waals surface area contributed by atoms with Gasteiger partial charge in [-0.05, 0) is 177 Å². The number of aromatic nitrogens is 1. The molecule has 98 heavy (non-hydrogen) atoms. The van der Waals surface area contributed by atoms with Gasteiger partial charge in [0.15, 0.2) is 0 Å². The third kappa shape index (κ3) is 9.20. The number of rotatable bonds is 11. The van der Waals surface area contributed by atoms with Crippen molar-refractivity contribution in [2.45, 2.75) is 44.2 Å². The van der Waals surface area contributed by atoms with E-state index in [1.807, 2.05) is 0 Å². The van der Waals surface area contributed by atoms with Gasteiger partial charge in [-0.25, -0.2) is 0 Å². The number of anilines is 7. The lowest BCUT2D eigenvalue weighted by Crippen LogP contribution is -2.62. The lowest BCUT2D eigenvalue weighted by Gasteiger charge is -2.57. The summed E-state index contributed by atoms with van der Waals surface area (Å²) in [6.45, 7) is -0.174. The number of hydrogen-bond acceptors (Lipinski definition) is 3. The summed E-state index contributed by atoms with van der Waals surface area (Å²) in [5.74, 6) is 1.66. The van der Waals surface area contributed by atoms with E-state index >= 15 is 0 Å². The first kappa shape index (κ1) is 56.7. The Morgan fingerprint density at radius 2 is 0.602 bits per heavy atom. The fourth-order valence-electron chi connectivity index (χ4n) is 18.4. The molecule has 0 N–H and O–H groups in total. The smallest absolute Gasteiger partial charge is 0.252 e. The molecule has 0 atom stereocenters. The van der Waals surface area contributed by atoms with Crippen LogP contribution in [0.2, 0.25) is 0 Å². The Morgan fingerprint density at radius 1 is 0.255 bits per heavy atom. The summed E-state index contributed by atoms with van der Waals surface area (Å²) in [4.78, 5) is 8.35. The van der Waals surface area contributed by atoms with Crippen molar-refractivity contribution in [2.24, 2.45) is 11.8 Å². The van der Waals surface area contributed by atoms with Gasteiger partial charge in [0.05, 0.1) is 22.4 Å². The summed E-state index contributed by atoms with van der Waals surface area (Å²) in [5, 5.41) is 2.43. The van der Waals surface area contributed by atoms with Gasteiger partial charge in [-0.15, -0.1) is 0 Å². The molecule has 0 amide bonds. The summed E-state index contributed by atoms with van der Waals surface area (Å²) in [7, 11) is 0. The molecule has 2 aliphatic carbocycles. The molecule has 5 heterocycles. The Morgan fingerprint density at radius 3 is 0.990 bits per heavy atom. The highest BCUT2D eigenvalue weighted by atomic mass is 15.2. The third-order valence-electron chi connectivity index (χ3n) is 22.4. The van der Waals surface area contributed by atoms with Crippen LogP contribution in [0.3, 0.4) is 0 Å². The average Bonchev–Trinajstić information content (AvgIpc) is 0.703. The molecule has 464 valence electrons. The van der Waals surface area contributed by atoms with E-state index in [1.165, 1.54) is 127 Å². The highest BCUT2D eigenvalue weighted by Gasteiger charge is 2.49. The zero-order valence-corrected chi connectivity index (χ0v) is 54.5. The number of piperidine rings is 2. The molecule has 0 radical (unpaired) electrons. The van der Waals surface area contributed by atoms with Crippen LogP contribution in [0, 0.1) is 11.8 Å². The molecule has 4 bridgehead atoms. The minimum absolute atomic E-state index is 0.174. The summed E-state index contributed by atoms with van der Waals surface area (Å²) in [6, 6.07) is 127. The van der Waals surface area contributed by atoms with Crippen LogP contribution in [0.4, 0.5) is 39.8 Å². The second-order valence-corrected chi connectivity index (χ2v) is 27.9. The number of fused-ring (bicyclic) bond motifs is 7. The number of hydrogen-bond donors (Lipinski definition) is 0. The zero-order valence-electron chi connectivity index (χ0n) is 54.5. The van der Waals surface area contributed by atoms with Crippen molar-refractivity contribution in [3.05, 3.63) is 334 Å². The van der Waals surface area contributed by atoms with Crippen molar-refractivity contribution in [3.63, 3.8) is 0 Å². The molecule has 21 rings (SSSR count). The largest absolute Gasteiger partial charge is 0.365 e. The third-order valence-corrected chi connectivity index (χ3v) is 22.4. The van der Waals surface area contributed by atoms with Gasteiger partial charge >= 0.3 is 0 Å². The van der Waals surface area contributed by atoms with E-state index in [0.717, 1.165) is 79.0 Å². The number of nitrogens with zero attached hydrogens (tertiary/aromatic N) is 4. The van der Waals surface area contributed by atoms with E-state index in [0.29, 0.717) is 12.1 Å². The SMILES string of the molecule is c1ccc(-c2cc3c4c(c2)N(c2c(-c5ccccc5)cccc2-c2ccccc2)c2cc(-n5c6ccc(-c7ccccc7)cc6c6cc(-c7ccccc7)ccc65)ccc2B4c2ccc(N4C5CC6CC(C5)CC4C6)cc2N3c2c(-c3ccccc3)cccc2-c2ccccc2)cc1. The van der Waals surface area contributed by atoms with E-state index < -0.39 is 0 Å². The standard InChI is InChI=1S/C93H69BN4/c1-8-24-63(25-9-1)70-42-48-85-81(55-70)82-56-71(64-26-10-2-11-27-64)43-49-86(82)96(85)74-45-47-84-88(60-74)98(93-79(68-34-18-6-19-35-68)40-23-41-80(93)69-36-20-7-21-37-69)90-58-72(65-28-12-3-13-29-65)57-89-91(90)94(84)83-46-44-73(95-75-51-61-50-62(53-75)54-76(95)52-61)59-87(83)97(89)92-77(66-30-14-4-15-31-66)38-22-39-78(92)67-32-16-5-17-33-67/h1-49,55-62,75-76H,50-54H2. The van der Waals surface area contributed by atoms with Crippen LogP contribution < -0.4 is 31.1 Å². The Labute approximate surface area is 573 Å². The minimum atomic E-state index is -0.174. The molecule has 2 saturated heterocycles. The zero-order chi connectivity index (χ0) is 64.4. The normalized spacial score (nSPS) is 17.1. The number of benzene rings is 14. The van der Waals surface area contributed by atoms with Gasteiger partial charge < -0.3 is 19.3 Å². The molecular formula is C93H69BN4. The highest BCUT2D eigenvalue weighted by molar-refractivity contribution is 7.00. The maximum atomic E-state index is 2.90. The van der Waals surface area contributed by atoms with Gasteiger partial charge in [0, 0.05) is 79.2 Å². The Balaban J connectivity index is 0.919. The van der Waals surface area contributed by atoms with Gasteiger partial charge in [0.25, 0.3) is 6.71 Å². The maximum absolute atomic E-state index is 2.90. The molecule has 1 aromatic heterocycles. The average molecular weight is 1250 g/mol. The Bertz CT molecular complexity index is 5340. The number of para-hydroxylation sites is 2. The molecule has 0 spiro atoms. The molecule has 6 aliphatic rings. The van der Waals surface area contributed by atoms with E-state index in [1.54, 1.807) is 0 Å². The van der Waals surface area contributed by atoms with E-state index in [9.17, 15) is 0 Å². The predicted molar refractivity (Wildman–Crippen MR) is 413 cm³/mol. The molecule has 4 aliphatic heterocycles. The van der Waals surface area contributed by atoms with Crippen molar-refractivity contribution in [1.82, 2.24) is 4.57 Å². The van der Waals surface area contributed by atoms with E-state index in [2.05, 4.69) is 353 Å². The van der Waals surface area contributed by atoms with Crippen LogP contribution in [0.1, 0.15) is 32.1 Å². The second kappa shape index (κ2) is 23.0. The van der Waals surface area contributed by atoms with Crippen LogP contribution in [0.25, 0.3) is 105 Å². The fraction of sp³-hybridized carbons (Fsp3) is 0.0968.